The summed E-state index contributed by atoms with van der Waals surface area (Å²) in [6.45, 7) is 0. The molecule has 0 spiro atoms. The predicted molar refractivity (Wildman–Crippen MR) is 76.8 cm³/mol. The smallest absolute Gasteiger partial charge is 0.329 e. The molecule has 2 unspecified atom stereocenters. The van der Waals surface area contributed by atoms with E-state index in [0.29, 0.717) is 17.0 Å². The molecule has 1 heterocycles. The van der Waals surface area contributed by atoms with E-state index in [1.807, 2.05) is 0 Å². The average Bonchev–Trinajstić information content (AvgIpc) is 2.85. The van der Waals surface area contributed by atoms with Gasteiger partial charge in [-0.2, -0.15) is 16.7 Å². The molecule has 104 valence electrons. The number of hydrogen-bond donors (Lipinski definition) is 2. The van der Waals surface area contributed by atoms with Gasteiger partial charge in [0.1, 0.15) is 6.20 Å². The first kappa shape index (κ1) is 13.9. The maximum absolute atomic E-state index is 11.0. The van der Waals surface area contributed by atoms with Crippen LogP contribution in [0.2, 0.25) is 0 Å². The zero-order valence-corrected chi connectivity index (χ0v) is 11.7. The minimum atomic E-state index is -0.454. The zero-order chi connectivity index (χ0) is 13.8. The Bertz CT molecular complexity index is 470. The van der Waals surface area contributed by atoms with Gasteiger partial charge < -0.3 is 10.6 Å². The Kier molecular flexibility index (Phi) is 4.41. The Balaban J connectivity index is 2.24. The van der Waals surface area contributed by atoms with Crippen molar-refractivity contribution in [2.45, 2.75) is 30.6 Å². The van der Waals surface area contributed by atoms with Crippen molar-refractivity contribution in [3.05, 3.63) is 16.3 Å². The van der Waals surface area contributed by atoms with Crippen molar-refractivity contribution >= 4 is 29.2 Å². The van der Waals surface area contributed by atoms with Crippen LogP contribution in [0, 0.1) is 10.1 Å². The lowest BCUT2D eigenvalue weighted by atomic mass is 10.2. The van der Waals surface area contributed by atoms with Crippen LogP contribution in [-0.2, 0) is 0 Å². The van der Waals surface area contributed by atoms with Crippen LogP contribution in [0.4, 0.5) is 17.5 Å². The van der Waals surface area contributed by atoms with Crippen LogP contribution < -0.4 is 10.6 Å². The topological polar surface area (TPSA) is 93.0 Å². The Hall–Kier alpha value is -1.57. The van der Waals surface area contributed by atoms with Crippen molar-refractivity contribution in [2.75, 3.05) is 23.9 Å². The van der Waals surface area contributed by atoms with Crippen LogP contribution in [-0.4, -0.2) is 39.5 Å². The molecular formula is C11H17N5O2S. The summed E-state index contributed by atoms with van der Waals surface area (Å²) in [6.07, 6.45) is 6.60. The van der Waals surface area contributed by atoms with Gasteiger partial charge >= 0.3 is 5.69 Å². The van der Waals surface area contributed by atoms with E-state index in [2.05, 4.69) is 26.9 Å². The first-order valence-electron chi connectivity index (χ1n) is 6.14. The lowest BCUT2D eigenvalue weighted by molar-refractivity contribution is -0.384. The number of anilines is 2. The number of hydrogen-bond acceptors (Lipinski definition) is 7. The molecule has 0 amide bonds. The van der Waals surface area contributed by atoms with Crippen LogP contribution in [0.3, 0.4) is 0 Å². The minimum Gasteiger partial charge on any atom is -0.360 e. The van der Waals surface area contributed by atoms with Gasteiger partial charge in [0.2, 0.25) is 11.8 Å². The third kappa shape index (κ3) is 3.06. The van der Waals surface area contributed by atoms with Gasteiger partial charge in [-0.05, 0) is 19.1 Å². The van der Waals surface area contributed by atoms with Crippen molar-refractivity contribution in [1.82, 2.24) is 9.97 Å². The molecule has 2 rings (SSSR count). The Morgan fingerprint density at radius 1 is 1.53 bits per heavy atom. The molecule has 0 aromatic carbocycles. The molecule has 0 saturated heterocycles. The van der Waals surface area contributed by atoms with E-state index < -0.39 is 4.92 Å². The van der Waals surface area contributed by atoms with Crippen LogP contribution >= 0.6 is 11.8 Å². The molecule has 1 aromatic rings. The van der Waals surface area contributed by atoms with Crippen molar-refractivity contribution in [3.63, 3.8) is 0 Å². The third-order valence-electron chi connectivity index (χ3n) is 3.27. The second-order valence-electron chi connectivity index (χ2n) is 4.39. The normalized spacial score (nSPS) is 22.2. The van der Waals surface area contributed by atoms with E-state index in [9.17, 15) is 10.1 Å². The third-order valence-corrected chi connectivity index (χ3v) is 4.44. The molecule has 1 aliphatic rings. The highest BCUT2D eigenvalue weighted by molar-refractivity contribution is 7.99. The summed E-state index contributed by atoms with van der Waals surface area (Å²) in [6, 6.07) is 0.230. The molecular weight excluding hydrogens is 266 g/mol. The van der Waals surface area contributed by atoms with Gasteiger partial charge in [0.15, 0.2) is 0 Å². The van der Waals surface area contributed by atoms with Gasteiger partial charge in [-0.15, -0.1) is 0 Å². The van der Waals surface area contributed by atoms with Crippen molar-refractivity contribution in [3.8, 4) is 0 Å². The number of rotatable bonds is 5. The fraction of sp³-hybridized carbons (Fsp3) is 0.636. The van der Waals surface area contributed by atoms with E-state index in [-0.39, 0.29) is 11.7 Å². The number of thioether (sulfide) groups is 1. The summed E-state index contributed by atoms with van der Waals surface area (Å²) in [4.78, 5) is 18.6. The van der Waals surface area contributed by atoms with E-state index in [0.717, 1.165) is 19.3 Å². The highest BCUT2D eigenvalue weighted by atomic mass is 32.2. The van der Waals surface area contributed by atoms with E-state index in [1.54, 1.807) is 18.8 Å². The molecule has 7 nitrogen and oxygen atoms in total. The summed E-state index contributed by atoms with van der Waals surface area (Å²) in [7, 11) is 1.69. The second kappa shape index (κ2) is 6.05. The van der Waals surface area contributed by atoms with Crippen molar-refractivity contribution < 1.29 is 4.92 Å². The van der Waals surface area contributed by atoms with Crippen molar-refractivity contribution in [1.29, 1.82) is 0 Å². The van der Waals surface area contributed by atoms with E-state index in [4.69, 9.17) is 0 Å². The highest BCUT2D eigenvalue weighted by Gasteiger charge is 2.29. The molecule has 0 bridgehead atoms. The largest absolute Gasteiger partial charge is 0.360 e. The number of nitrogens with one attached hydrogen (secondary N) is 2. The minimum absolute atomic E-state index is 0.0780. The molecule has 19 heavy (non-hydrogen) atoms. The number of aromatic nitrogens is 2. The number of nitrogens with zero attached hydrogens (tertiary/aromatic N) is 3. The maximum atomic E-state index is 11.0. The number of nitro groups is 1. The summed E-state index contributed by atoms with van der Waals surface area (Å²) in [5.74, 6) is 0.682. The first-order chi connectivity index (χ1) is 9.15. The molecule has 0 aliphatic heterocycles. The predicted octanol–water partition coefficient (Wildman–Crippen LogP) is 2.12. The highest BCUT2D eigenvalue weighted by Crippen LogP contribution is 2.32. The Morgan fingerprint density at radius 3 is 2.95 bits per heavy atom. The molecule has 2 atom stereocenters. The van der Waals surface area contributed by atoms with E-state index >= 15 is 0 Å². The van der Waals surface area contributed by atoms with Crippen LogP contribution in [0.1, 0.15) is 19.3 Å². The van der Waals surface area contributed by atoms with Gasteiger partial charge in [0, 0.05) is 18.3 Å². The summed E-state index contributed by atoms with van der Waals surface area (Å²) >= 11 is 1.79. The van der Waals surface area contributed by atoms with Crippen LogP contribution in [0.15, 0.2) is 6.20 Å². The van der Waals surface area contributed by atoms with Crippen LogP contribution in [0.25, 0.3) is 0 Å². The zero-order valence-electron chi connectivity index (χ0n) is 10.9. The molecule has 1 saturated carbocycles. The van der Waals surface area contributed by atoms with Gasteiger partial charge in [-0.25, -0.2) is 4.98 Å². The van der Waals surface area contributed by atoms with Gasteiger partial charge in [0.05, 0.1) is 4.92 Å². The Labute approximate surface area is 115 Å². The van der Waals surface area contributed by atoms with Gasteiger partial charge in [-0.3, -0.25) is 10.1 Å². The standard InChI is InChI=1S/C11H17N5O2S/c1-12-11-13-6-8(16(17)18)10(15-11)14-7-4-3-5-9(7)19-2/h6-7,9H,3-5H2,1-2H3,(H2,12,13,14,15). The fourth-order valence-electron chi connectivity index (χ4n) is 2.28. The van der Waals surface area contributed by atoms with Gasteiger partial charge in [0.25, 0.3) is 0 Å². The van der Waals surface area contributed by atoms with Crippen LogP contribution in [0.5, 0.6) is 0 Å². The molecule has 1 fully saturated rings. The summed E-state index contributed by atoms with van der Waals surface area (Å²) in [5.41, 5.74) is -0.0780. The fourth-order valence-corrected chi connectivity index (χ4v) is 3.22. The molecule has 0 radical (unpaired) electrons. The molecule has 2 N–H and O–H groups in total. The molecule has 1 aliphatic carbocycles. The second-order valence-corrected chi connectivity index (χ2v) is 5.47. The average molecular weight is 283 g/mol. The van der Waals surface area contributed by atoms with Gasteiger partial charge in [-0.1, -0.05) is 6.42 Å². The Morgan fingerprint density at radius 2 is 2.32 bits per heavy atom. The maximum Gasteiger partial charge on any atom is 0.329 e. The monoisotopic (exact) mass is 283 g/mol. The summed E-state index contributed by atoms with van der Waals surface area (Å²) < 4.78 is 0. The quantitative estimate of drug-likeness (QED) is 0.631. The lowest BCUT2D eigenvalue weighted by Crippen LogP contribution is -2.27. The lowest BCUT2D eigenvalue weighted by Gasteiger charge is -2.19. The molecule has 8 heteroatoms. The summed E-state index contributed by atoms with van der Waals surface area (Å²) in [5, 5.41) is 17.5. The first-order valence-corrected chi connectivity index (χ1v) is 7.43. The molecule has 1 aromatic heterocycles. The van der Waals surface area contributed by atoms with Crippen molar-refractivity contribution in [2.24, 2.45) is 0 Å². The SMILES string of the molecule is CNc1ncc([N+](=O)[O-])c(NC2CCCC2SC)n1. The van der Waals surface area contributed by atoms with E-state index in [1.165, 1.54) is 6.20 Å².